The standard InChI is InChI=1S/C25H39NO5/c1-15-26-21-13-20-18-7-6-16-12-17(28)8-10-22(16,2)19(18)9-11-23(20,3)25(21,31-15)24(14-27,29-4)30-5/h6,17-21,27-28H,7-14H2,1-5H3/t17-,18?,19?,20?,21-,22-,23+,25-/m1/s1. The molecule has 5 aliphatic rings. The molecule has 0 saturated heterocycles. The van der Waals surface area contributed by atoms with Crippen LogP contribution in [0, 0.1) is 28.6 Å². The Bertz CT molecular complexity index is 797. The first-order valence-electron chi connectivity index (χ1n) is 12.0. The van der Waals surface area contributed by atoms with Gasteiger partial charge < -0.3 is 24.4 Å². The van der Waals surface area contributed by atoms with Crippen molar-refractivity contribution in [3.63, 3.8) is 0 Å². The van der Waals surface area contributed by atoms with Crippen LogP contribution in [-0.2, 0) is 14.2 Å². The Morgan fingerprint density at radius 2 is 1.94 bits per heavy atom. The van der Waals surface area contributed by atoms with Crippen LogP contribution in [0.5, 0.6) is 0 Å². The van der Waals surface area contributed by atoms with Crippen molar-refractivity contribution in [1.82, 2.24) is 0 Å². The minimum absolute atomic E-state index is 0.0836. The zero-order valence-corrected chi connectivity index (χ0v) is 19.7. The Morgan fingerprint density at radius 3 is 2.61 bits per heavy atom. The lowest BCUT2D eigenvalue weighted by Gasteiger charge is -2.61. The van der Waals surface area contributed by atoms with Crippen LogP contribution in [0.3, 0.4) is 0 Å². The topological polar surface area (TPSA) is 80.5 Å². The molecule has 0 aromatic carbocycles. The van der Waals surface area contributed by atoms with Crippen molar-refractivity contribution in [2.24, 2.45) is 33.6 Å². The van der Waals surface area contributed by atoms with Gasteiger partial charge in [0.1, 0.15) is 6.61 Å². The molecule has 1 aliphatic heterocycles. The molecule has 6 heteroatoms. The van der Waals surface area contributed by atoms with Gasteiger partial charge in [0, 0.05) is 26.6 Å². The predicted molar refractivity (Wildman–Crippen MR) is 118 cm³/mol. The van der Waals surface area contributed by atoms with E-state index in [-0.39, 0.29) is 29.6 Å². The second-order valence-electron chi connectivity index (χ2n) is 11.2. The van der Waals surface area contributed by atoms with Crippen LogP contribution in [0.1, 0.15) is 65.7 Å². The Labute approximate surface area is 186 Å². The monoisotopic (exact) mass is 433 g/mol. The molecule has 0 aromatic heterocycles. The minimum atomic E-state index is -1.25. The van der Waals surface area contributed by atoms with Crippen molar-refractivity contribution in [1.29, 1.82) is 0 Å². The fourth-order valence-corrected chi connectivity index (χ4v) is 8.85. The molecule has 174 valence electrons. The molecule has 0 radical (unpaired) electrons. The number of rotatable bonds is 4. The van der Waals surface area contributed by atoms with Crippen LogP contribution in [0.2, 0.25) is 0 Å². The predicted octanol–water partition coefficient (Wildman–Crippen LogP) is 3.46. The molecule has 8 atom stereocenters. The molecule has 4 aliphatic carbocycles. The molecular weight excluding hydrogens is 394 g/mol. The van der Waals surface area contributed by atoms with Gasteiger partial charge in [-0.15, -0.1) is 0 Å². The molecule has 0 amide bonds. The molecule has 3 unspecified atom stereocenters. The third kappa shape index (κ3) is 2.51. The Balaban J connectivity index is 1.58. The van der Waals surface area contributed by atoms with Gasteiger partial charge in [0.05, 0.1) is 12.1 Å². The number of hydrogen-bond donors (Lipinski definition) is 2. The zero-order chi connectivity index (χ0) is 22.2. The summed E-state index contributed by atoms with van der Waals surface area (Å²) in [6.07, 6.45) is 9.18. The summed E-state index contributed by atoms with van der Waals surface area (Å²) in [4.78, 5) is 4.92. The first-order chi connectivity index (χ1) is 14.7. The summed E-state index contributed by atoms with van der Waals surface area (Å²) in [6.45, 7) is 6.41. The van der Waals surface area contributed by atoms with Crippen LogP contribution in [0.15, 0.2) is 16.6 Å². The Morgan fingerprint density at radius 1 is 1.19 bits per heavy atom. The third-order valence-corrected chi connectivity index (χ3v) is 10.3. The maximum atomic E-state index is 10.5. The summed E-state index contributed by atoms with van der Waals surface area (Å²) in [7, 11) is 3.21. The molecule has 0 aromatic rings. The Kier molecular flexibility index (Phi) is 4.95. The number of aliphatic hydroxyl groups excluding tert-OH is 2. The molecule has 3 fully saturated rings. The summed E-state index contributed by atoms with van der Waals surface area (Å²) in [5, 5.41) is 20.8. The van der Waals surface area contributed by atoms with Gasteiger partial charge in [-0.25, -0.2) is 4.99 Å². The van der Waals surface area contributed by atoms with Gasteiger partial charge >= 0.3 is 0 Å². The first kappa shape index (κ1) is 21.9. The Hall–Kier alpha value is -0.950. The maximum absolute atomic E-state index is 10.5. The van der Waals surface area contributed by atoms with Gasteiger partial charge in [0.25, 0.3) is 0 Å². The number of ether oxygens (including phenoxy) is 3. The van der Waals surface area contributed by atoms with E-state index in [0.717, 1.165) is 44.9 Å². The highest BCUT2D eigenvalue weighted by Crippen LogP contribution is 2.71. The molecule has 2 N–H and O–H groups in total. The van der Waals surface area contributed by atoms with Gasteiger partial charge in [-0.3, -0.25) is 0 Å². The molecule has 3 saturated carbocycles. The summed E-state index contributed by atoms with van der Waals surface area (Å²) in [5.74, 6) is 1.01. The number of nitrogens with zero attached hydrogens (tertiary/aromatic N) is 1. The van der Waals surface area contributed by atoms with Crippen LogP contribution in [0.25, 0.3) is 0 Å². The van der Waals surface area contributed by atoms with Crippen molar-refractivity contribution < 1.29 is 24.4 Å². The van der Waals surface area contributed by atoms with Gasteiger partial charge in [-0.2, -0.15) is 0 Å². The van der Waals surface area contributed by atoms with E-state index in [0.29, 0.717) is 23.7 Å². The first-order valence-corrected chi connectivity index (χ1v) is 12.0. The molecule has 31 heavy (non-hydrogen) atoms. The van der Waals surface area contributed by atoms with Crippen molar-refractivity contribution in [2.45, 2.75) is 89.3 Å². The van der Waals surface area contributed by atoms with Gasteiger partial charge in [-0.05, 0) is 68.1 Å². The highest BCUT2D eigenvalue weighted by atomic mass is 16.7. The lowest BCUT2D eigenvalue weighted by atomic mass is 9.46. The zero-order valence-electron chi connectivity index (χ0n) is 19.7. The number of methoxy groups -OCH3 is 2. The molecule has 0 bridgehead atoms. The van der Waals surface area contributed by atoms with Crippen molar-refractivity contribution >= 4 is 5.90 Å². The number of aliphatic imine (C=N–C) groups is 1. The van der Waals surface area contributed by atoms with Crippen LogP contribution < -0.4 is 0 Å². The van der Waals surface area contributed by atoms with Crippen molar-refractivity contribution in [3.05, 3.63) is 11.6 Å². The highest BCUT2D eigenvalue weighted by molar-refractivity contribution is 5.76. The van der Waals surface area contributed by atoms with E-state index < -0.39 is 11.4 Å². The molecule has 5 rings (SSSR count). The fourth-order valence-electron chi connectivity index (χ4n) is 8.85. The summed E-state index contributed by atoms with van der Waals surface area (Å²) >= 11 is 0. The number of aliphatic hydroxyl groups is 2. The number of hydrogen-bond acceptors (Lipinski definition) is 6. The average Bonchev–Trinajstić information content (AvgIpc) is 3.21. The smallest absolute Gasteiger partial charge is 0.235 e. The molecule has 6 nitrogen and oxygen atoms in total. The number of fused-ring (bicyclic) bond motifs is 7. The molecule has 1 heterocycles. The van der Waals surface area contributed by atoms with E-state index in [1.165, 1.54) is 5.57 Å². The maximum Gasteiger partial charge on any atom is 0.235 e. The quantitative estimate of drug-likeness (QED) is 0.524. The van der Waals surface area contributed by atoms with E-state index in [9.17, 15) is 10.2 Å². The fraction of sp³-hybridized carbons (Fsp3) is 0.880. The second-order valence-corrected chi connectivity index (χ2v) is 11.2. The van der Waals surface area contributed by atoms with Gasteiger partial charge in [0.2, 0.25) is 5.79 Å². The molecular formula is C25H39NO5. The normalized spacial score (nSPS) is 48.7. The highest BCUT2D eigenvalue weighted by Gasteiger charge is 2.78. The van der Waals surface area contributed by atoms with E-state index in [1.54, 1.807) is 14.2 Å². The second kappa shape index (κ2) is 7.02. The van der Waals surface area contributed by atoms with E-state index in [4.69, 9.17) is 19.2 Å². The SMILES string of the molecule is COC(CO)(OC)[C@@]12OC(C)=N[C@@H]1CC1C3CC=C4C[C@H](O)CC[C@@]4(C)C3CC[C@@]12C. The van der Waals surface area contributed by atoms with Gasteiger partial charge in [0.15, 0.2) is 11.5 Å². The summed E-state index contributed by atoms with van der Waals surface area (Å²) < 4.78 is 18.5. The van der Waals surface area contributed by atoms with Crippen LogP contribution in [0.4, 0.5) is 0 Å². The summed E-state index contributed by atoms with van der Waals surface area (Å²) in [6, 6.07) is -0.0836. The third-order valence-electron chi connectivity index (χ3n) is 10.3. The van der Waals surface area contributed by atoms with Crippen molar-refractivity contribution in [2.75, 3.05) is 20.8 Å². The van der Waals surface area contributed by atoms with Gasteiger partial charge in [-0.1, -0.05) is 25.5 Å². The summed E-state index contributed by atoms with van der Waals surface area (Å²) in [5.41, 5.74) is 0.619. The lowest BCUT2D eigenvalue weighted by Crippen LogP contribution is -2.70. The largest absolute Gasteiger partial charge is 0.466 e. The number of allylic oxidation sites excluding steroid dienone is 1. The molecule has 0 spiro atoms. The van der Waals surface area contributed by atoms with Crippen molar-refractivity contribution in [3.8, 4) is 0 Å². The average molecular weight is 434 g/mol. The van der Waals surface area contributed by atoms with E-state index in [1.807, 2.05) is 6.92 Å². The minimum Gasteiger partial charge on any atom is -0.466 e. The lowest BCUT2D eigenvalue weighted by molar-refractivity contribution is -0.337. The van der Waals surface area contributed by atoms with Crippen LogP contribution in [-0.4, -0.2) is 60.5 Å². The van der Waals surface area contributed by atoms with E-state index >= 15 is 0 Å². The van der Waals surface area contributed by atoms with E-state index in [2.05, 4.69) is 19.9 Å². The van der Waals surface area contributed by atoms with Crippen LogP contribution >= 0.6 is 0 Å².